The molecule has 0 amide bonds. The zero-order valence-electron chi connectivity index (χ0n) is 16.2. The maximum absolute atomic E-state index is 11.7. The molecule has 1 aromatic carbocycles. The Labute approximate surface area is 162 Å². The van der Waals surface area contributed by atoms with Crippen LogP contribution in [0.15, 0.2) is 42.6 Å². The van der Waals surface area contributed by atoms with Crippen LogP contribution in [0.2, 0.25) is 0 Å². The van der Waals surface area contributed by atoms with E-state index < -0.39 is 5.41 Å². The zero-order chi connectivity index (χ0) is 20.1. The summed E-state index contributed by atoms with van der Waals surface area (Å²) in [4.78, 5) is 20.2. The highest BCUT2D eigenvalue weighted by Gasteiger charge is 2.29. The van der Waals surface area contributed by atoms with E-state index in [4.69, 9.17) is 14.2 Å². The first-order valence-corrected chi connectivity index (χ1v) is 8.67. The summed E-state index contributed by atoms with van der Waals surface area (Å²) in [5, 5.41) is 6.77. The first-order chi connectivity index (χ1) is 13.4. The van der Waals surface area contributed by atoms with Gasteiger partial charge in [-0.2, -0.15) is 4.98 Å². The quantitative estimate of drug-likeness (QED) is 0.627. The standard InChI is InChI=1S/C20H22N4O4/c1-20(2,18(25)26-3)12-28-16-10-9-15(11-21-16)13-5-7-14(8-6-13)17-22-19(27-4)24-23-17/h5-11H,12H2,1-4H3,(H,22,23,24). The van der Waals surface area contributed by atoms with Crippen molar-refractivity contribution in [2.24, 2.45) is 5.41 Å². The van der Waals surface area contributed by atoms with E-state index in [1.54, 1.807) is 26.1 Å². The number of aromatic nitrogens is 4. The van der Waals surface area contributed by atoms with Crippen molar-refractivity contribution < 1.29 is 19.0 Å². The molecule has 0 radical (unpaired) electrons. The number of carbonyl (C=O) groups is 1. The fourth-order valence-electron chi connectivity index (χ4n) is 2.51. The van der Waals surface area contributed by atoms with Gasteiger partial charge >= 0.3 is 12.0 Å². The molecule has 0 spiro atoms. The normalized spacial score (nSPS) is 11.1. The molecule has 2 heterocycles. The minimum absolute atomic E-state index is 0.182. The molecule has 3 aromatic rings. The molecule has 8 heteroatoms. The molecule has 8 nitrogen and oxygen atoms in total. The van der Waals surface area contributed by atoms with Gasteiger partial charge in [0.2, 0.25) is 5.88 Å². The molecule has 2 aromatic heterocycles. The average molecular weight is 382 g/mol. The predicted molar refractivity (Wildman–Crippen MR) is 103 cm³/mol. The molecule has 28 heavy (non-hydrogen) atoms. The summed E-state index contributed by atoms with van der Waals surface area (Å²) in [6.07, 6.45) is 1.73. The van der Waals surface area contributed by atoms with Crippen LogP contribution in [0.5, 0.6) is 11.9 Å². The fourth-order valence-corrected chi connectivity index (χ4v) is 2.51. The van der Waals surface area contributed by atoms with Gasteiger partial charge in [-0.3, -0.25) is 9.89 Å². The van der Waals surface area contributed by atoms with Gasteiger partial charge in [0.25, 0.3) is 0 Å². The summed E-state index contributed by atoms with van der Waals surface area (Å²) in [6, 6.07) is 11.8. The van der Waals surface area contributed by atoms with E-state index in [2.05, 4.69) is 20.2 Å². The fraction of sp³-hybridized carbons (Fsp3) is 0.300. The van der Waals surface area contributed by atoms with Crippen molar-refractivity contribution in [3.05, 3.63) is 42.6 Å². The largest absolute Gasteiger partial charge is 0.476 e. The monoisotopic (exact) mass is 382 g/mol. The molecule has 146 valence electrons. The molecule has 3 rings (SSSR count). The number of ether oxygens (including phenoxy) is 3. The van der Waals surface area contributed by atoms with Gasteiger partial charge in [-0.15, -0.1) is 5.10 Å². The topological polar surface area (TPSA) is 99.2 Å². The first kappa shape index (κ1) is 19.3. The van der Waals surface area contributed by atoms with Gasteiger partial charge in [-0.1, -0.05) is 24.3 Å². The second-order valence-electron chi connectivity index (χ2n) is 6.80. The lowest BCUT2D eigenvalue weighted by molar-refractivity contribution is -0.152. The van der Waals surface area contributed by atoms with Gasteiger partial charge in [0.05, 0.1) is 19.6 Å². The lowest BCUT2D eigenvalue weighted by Crippen LogP contribution is -2.32. The number of pyridine rings is 1. The predicted octanol–water partition coefficient (Wildman–Crippen LogP) is 3.12. The van der Waals surface area contributed by atoms with Crippen molar-refractivity contribution >= 4 is 5.97 Å². The number of aromatic amines is 1. The molecular formula is C20H22N4O4. The molecule has 0 aliphatic rings. The SMILES string of the molecule is COC(=O)C(C)(C)COc1ccc(-c2ccc(-c3nc(OC)n[nH]3)cc2)cn1. The van der Waals surface area contributed by atoms with Gasteiger partial charge in [-0.25, -0.2) is 4.98 Å². The van der Waals surface area contributed by atoms with E-state index in [-0.39, 0.29) is 12.6 Å². The van der Waals surface area contributed by atoms with Crippen LogP contribution in [0.3, 0.4) is 0 Å². The van der Waals surface area contributed by atoms with Gasteiger partial charge in [0.15, 0.2) is 5.82 Å². The third-order valence-electron chi connectivity index (χ3n) is 4.19. The maximum atomic E-state index is 11.7. The smallest absolute Gasteiger partial charge is 0.335 e. The van der Waals surface area contributed by atoms with Crippen LogP contribution in [-0.4, -0.2) is 47.0 Å². The van der Waals surface area contributed by atoms with Crippen molar-refractivity contribution in [2.45, 2.75) is 13.8 Å². The molecule has 0 saturated carbocycles. The van der Waals surface area contributed by atoms with E-state index in [9.17, 15) is 4.79 Å². The number of benzene rings is 1. The lowest BCUT2D eigenvalue weighted by Gasteiger charge is -2.21. The van der Waals surface area contributed by atoms with Crippen molar-refractivity contribution in [1.29, 1.82) is 0 Å². The maximum Gasteiger partial charge on any atom is 0.335 e. The molecule has 0 unspecified atom stereocenters. The van der Waals surface area contributed by atoms with Crippen LogP contribution >= 0.6 is 0 Å². The van der Waals surface area contributed by atoms with Crippen molar-refractivity contribution in [2.75, 3.05) is 20.8 Å². The molecule has 0 aliphatic heterocycles. The summed E-state index contributed by atoms with van der Waals surface area (Å²) >= 11 is 0. The molecule has 1 N–H and O–H groups in total. The van der Waals surface area contributed by atoms with Crippen molar-refractivity contribution in [1.82, 2.24) is 20.2 Å². The van der Waals surface area contributed by atoms with Crippen molar-refractivity contribution in [3.8, 4) is 34.4 Å². The first-order valence-electron chi connectivity index (χ1n) is 8.67. The summed E-state index contributed by atoms with van der Waals surface area (Å²) in [5.41, 5.74) is 2.11. The van der Waals surface area contributed by atoms with E-state index in [1.807, 2.05) is 30.3 Å². The van der Waals surface area contributed by atoms with Crippen LogP contribution in [0, 0.1) is 5.41 Å². The molecule has 0 saturated heterocycles. The average Bonchev–Trinajstić information content (AvgIpc) is 3.21. The molecule has 0 atom stereocenters. The minimum atomic E-state index is -0.742. The highest BCUT2D eigenvalue weighted by molar-refractivity contribution is 5.76. The Balaban J connectivity index is 1.67. The number of H-pyrrole nitrogens is 1. The van der Waals surface area contributed by atoms with E-state index >= 15 is 0 Å². The third kappa shape index (κ3) is 4.28. The van der Waals surface area contributed by atoms with Crippen LogP contribution in [0.4, 0.5) is 0 Å². The van der Waals surface area contributed by atoms with E-state index in [0.717, 1.165) is 16.7 Å². The summed E-state index contributed by atoms with van der Waals surface area (Å²) < 4.78 is 15.4. The highest BCUT2D eigenvalue weighted by atomic mass is 16.5. The van der Waals surface area contributed by atoms with Crippen LogP contribution in [-0.2, 0) is 9.53 Å². The Morgan fingerprint density at radius 3 is 2.29 bits per heavy atom. The van der Waals surface area contributed by atoms with Gasteiger partial charge < -0.3 is 14.2 Å². The van der Waals surface area contributed by atoms with Gasteiger partial charge in [0.1, 0.15) is 6.61 Å². The Hall–Kier alpha value is -3.42. The Morgan fingerprint density at radius 1 is 1.04 bits per heavy atom. The molecular weight excluding hydrogens is 360 g/mol. The number of nitrogens with one attached hydrogen (secondary N) is 1. The number of hydrogen-bond acceptors (Lipinski definition) is 7. The zero-order valence-corrected chi connectivity index (χ0v) is 16.2. The van der Waals surface area contributed by atoms with Gasteiger partial charge in [-0.05, 0) is 25.5 Å². The number of hydrogen-bond donors (Lipinski definition) is 1. The highest BCUT2D eigenvalue weighted by Crippen LogP contribution is 2.25. The lowest BCUT2D eigenvalue weighted by atomic mass is 9.95. The summed E-state index contributed by atoms with van der Waals surface area (Å²) in [7, 11) is 2.88. The van der Waals surface area contributed by atoms with Crippen LogP contribution < -0.4 is 9.47 Å². The summed E-state index contributed by atoms with van der Waals surface area (Å²) in [6.45, 7) is 3.71. The number of nitrogens with zero attached hydrogens (tertiary/aromatic N) is 3. The summed E-state index contributed by atoms with van der Waals surface area (Å²) in [5.74, 6) is 0.762. The molecule has 0 bridgehead atoms. The second kappa shape index (κ2) is 8.08. The Kier molecular flexibility index (Phi) is 5.58. The van der Waals surface area contributed by atoms with Crippen LogP contribution in [0.25, 0.3) is 22.5 Å². The Morgan fingerprint density at radius 2 is 1.71 bits per heavy atom. The van der Waals surface area contributed by atoms with Crippen molar-refractivity contribution in [3.63, 3.8) is 0 Å². The van der Waals surface area contributed by atoms with E-state index in [1.165, 1.54) is 14.2 Å². The third-order valence-corrected chi connectivity index (χ3v) is 4.19. The molecule has 0 fully saturated rings. The molecule has 0 aliphatic carbocycles. The van der Waals surface area contributed by atoms with Crippen LogP contribution in [0.1, 0.15) is 13.8 Å². The van der Waals surface area contributed by atoms with Gasteiger partial charge in [0, 0.05) is 23.4 Å². The number of esters is 1. The van der Waals surface area contributed by atoms with E-state index in [0.29, 0.717) is 17.7 Å². The number of methoxy groups -OCH3 is 2. The minimum Gasteiger partial charge on any atom is -0.476 e. The number of carbonyl (C=O) groups excluding carboxylic acids is 1. The second-order valence-corrected chi connectivity index (χ2v) is 6.80. The Bertz CT molecular complexity index is 934. The number of rotatable bonds is 7.